The average Bonchev–Trinajstić information content (AvgIpc) is 2.40. The van der Waals surface area contributed by atoms with Gasteiger partial charge in [0.05, 0.1) is 6.61 Å². The van der Waals surface area contributed by atoms with E-state index in [4.69, 9.17) is 5.11 Å². The molecule has 0 spiro atoms. The summed E-state index contributed by atoms with van der Waals surface area (Å²) in [5, 5.41) is 11.8. The molecule has 1 amide bonds. The third-order valence-electron chi connectivity index (χ3n) is 2.69. The fraction of sp³-hybridized carbons (Fsp3) is 0.500. The van der Waals surface area contributed by atoms with Crippen LogP contribution < -0.4 is 5.32 Å². The van der Waals surface area contributed by atoms with Crippen LogP contribution in [0.3, 0.4) is 0 Å². The second-order valence-electron chi connectivity index (χ2n) is 4.17. The Kier molecular flexibility index (Phi) is 7.53. The zero-order chi connectivity index (χ0) is 13.2. The van der Waals surface area contributed by atoms with Gasteiger partial charge in [-0.05, 0) is 36.0 Å². The van der Waals surface area contributed by atoms with Crippen LogP contribution in [0.15, 0.2) is 24.3 Å². The highest BCUT2D eigenvalue weighted by Crippen LogP contribution is 2.04. The summed E-state index contributed by atoms with van der Waals surface area (Å²) in [6.07, 6.45) is 4.44. The summed E-state index contributed by atoms with van der Waals surface area (Å²) in [7, 11) is 0. The molecule has 0 fully saturated rings. The fourth-order valence-electron chi connectivity index (χ4n) is 1.62. The fourth-order valence-corrected chi connectivity index (χ4v) is 2.06. The van der Waals surface area contributed by atoms with Crippen LogP contribution in [-0.2, 0) is 17.8 Å². The minimum Gasteiger partial charge on any atom is -0.392 e. The third kappa shape index (κ3) is 6.07. The standard InChI is InChI=1S/C14H21NO2S/c1-18-10-2-3-14(17)15-9-8-12-4-6-13(11-16)7-5-12/h4-7,16H,2-3,8-11H2,1H3,(H,15,17). The van der Waals surface area contributed by atoms with Gasteiger partial charge in [-0.2, -0.15) is 11.8 Å². The molecule has 0 saturated heterocycles. The van der Waals surface area contributed by atoms with Crippen LogP contribution in [0.1, 0.15) is 24.0 Å². The third-order valence-corrected chi connectivity index (χ3v) is 3.39. The molecule has 4 heteroatoms. The minimum absolute atomic E-state index is 0.0758. The number of carbonyl (C=O) groups is 1. The Morgan fingerprint density at radius 1 is 1.28 bits per heavy atom. The van der Waals surface area contributed by atoms with Gasteiger partial charge < -0.3 is 10.4 Å². The quantitative estimate of drug-likeness (QED) is 0.708. The van der Waals surface area contributed by atoms with Crippen molar-refractivity contribution < 1.29 is 9.90 Å². The van der Waals surface area contributed by atoms with Crippen molar-refractivity contribution in [3.05, 3.63) is 35.4 Å². The summed E-state index contributed by atoms with van der Waals surface area (Å²) in [6.45, 7) is 0.753. The van der Waals surface area contributed by atoms with E-state index < -0.39 is 0 Å². The smallest absolute Gasteiger partial charge is 0.220 e. The normalized spacial score (nSPS) is 10.3. The molecule has 0 saturated carbocycles. The summed E-state index contributed by atoms with van der Waals surface area (Å²) in [6, 6.07) is 7.81. The lowest BCUT2D eigenvalue weighted by molar-refractivity contribution is -0.121. The van der Waals surface area contributed by atoms with Gasteiger partial charge in [0, 0.05) is 13.0 Å². The van der Waals surface area contributed by atoms with Crippen LogP contribution in [0.25, 0.3) is 0 Å². The highest BCUT2D eigenvalue weighted by atomic mass is 32.2. The van der Waals surface area contributed by atoms with Crippen LogP contribution in [-0.4, -0.2) is 29.6 Å². The van der Waals surface area contributed by atoms with Crippen molar-refractivity contribution in [2.45, 2.75) is 25.9 Å². The largest absolute Gasteiger partial charge is 0.392 e. The number of hydrogen-bond donors (Lipinski definition) is 2. The molecule has 1 aromatic carbocycles. The summed E-state index contributed by atoms with van der Waals surface area (Å²) < 4.78 is 0. The molecule has 1 aromatic rings. The number of hydrogen-bond acceptors (Lipinski definition) is 3. The summed E-state index contributed by atoms with van der Waals surface area (Å²) in [5.74, 6) is 1.17. The van der Waals surface area contributed by atoms with Crippen LogP contribution in [0.5, 0.6) is 0 Å². The number of carbonyl (C=O) groups excluding carboxylic acids is 1. The lowest BCUT2D eigenvalue weighted by atomic mass is 10.1. The van der Waals surface area contributed by atoms with Crippen LogP contribution in [0.4, 0.5) is 0 Å². The number of aliphatic hydroxyl groups is 1. The van der Waals surface area contributed by atoms with Crippen molar-refractivity contribution in [1.29, 1.82) is 0 Å². The number of amides is 1. The molecular weight excluding hydrogens is 246 g/mol. The first-order valence-electron chi connectivity index (χ1n) is 6.20. The SMILES string of the molecule is CSCCCC(=O)NCCc1ccc(CO)cc1. The van der Waals surface area contributed by atoms with Gasteiger partial charge >= 0.3 is 0 Å². The Bertz CT molecular complexity index is 351. The van der Waals surface area contributed by atoms with Crippen molar-refractivity contribution in [2.75, 3.05) is 18.6 Å². The molecule has 18 heavy (non-hydrogen) atoms. The van der Waals surface area contributed by atoms with E-state index in [0.29, 0.717) is 13.0 Å². The number of thioether (sulfide) groups is 1. The van der Waals surface area contributed by atoms with Crippen molar-refractivity contribution in [3.63, 3.8) is 0 Å². The highest BCUT2D eigenvalue weighted by Gasteiger charge is 2.00. The molecule has 0 radical (unpaired) electrons. The minimum atomic E-state index is 0.0758. The molecule has 0 bridgehead atoms. The monoisotopic (exact) mass is 267 g/mol. The summed E-state index contributed by atoms with van der Waals surface area (Å²) >= 11 is 1.77. The first-order chi connectivity index (χ1) is 8.76. The number of nitrogens with one attached hydrogen (secondary N) is 1. The van der Waals surface area contributed by atoms with Gasteiger partial charge in [0.1, 0.15) is 0 Å². The second-order valence-corrected chi connectivity index (χ2v) is 5.16. The Labute approximate surface area is 113 Å². The lowest BCUT2D eigenvalue weighted by Crippen LogP contribution is -2.25. The van der Waals surface area contributed by atoms with E-state index in [1.807, 2.05) is 30.5 Å². The Hall–Kier alpha value is -1.00. The average molecular weight is 267 g/mol. The molecule has 3 nitrogen and oxygen atoms in total. The zero-order valence-corrected chi connectivity index (χ0v) is 11.6. The maximum Gasteiger partial charge on any atom is 0.220 e. The summed E-state index contributed by atoms with van der Waals surface area (Å²) in [5.41, 5.74) is 2.09. The van der Waals surface area contributed by atoms with Crippen LogP contribution >= 0.6 is 11.8 Å². The molecule has 1 rings (SSSR count). The van der Waals surface area contributed by atoms with Crippen molar-refractivity contribution in [2.24, 2.45) is 0 Å². The van der Waals surface area contributed by atoms with E-state index in [-0.39, 0.29) is 12.5 Å². The maximum absolute atomic E-state index is 11.5. The Morgan fingerprint density at radius 3 is 2.56 bits per heavy atom. The molecule has 0 aliphatic heterocycles. The first kappa shape index (κ1) is 15.1. The molecular formula is C14H21NO2S. The second kappa shape index (κ2) is 9.00. The van der Waals surface area contributed by atoms with Gasteiger partial charge in [0.25, 0.3) is 0 Å². The number of benzene rings is 1. The van der Waals surface area contributed by atoms with Gasteiger partial charge in [-0.1, -0.05) is 24.3 Å². The molecule has 0 aliphatic carbocycles. The van der Waals surface area contributed by atoms with E-state index in [9.17, 15) is 4.79 Å². The first-order valence-corrected chi connectivity index (χ1v) is 7.60. The highest BCUT2D eigenvalue weighted by molar-refractivity contribution is 7.98. The number of aliphatic hydroxyl groups excluding tert-OH is 1. The summed E-state index contributed by atoms with van der Waals surface area (Å²) in [4.78, 5) is 11.5. The lowest BCUT2D eigenvalue weighted by Gasteiger charge is -2.05. The molecule has 100 valence electrons. The van der Waals surface area contributed by atoms with Gasteiger partial charge in [-0.15, -0.1) is 0 Å². The Balaban J connectivity index is 2.18. The predicted molar refractivity (Wildman–Crippen MR) is 76.7 cm³/mol. The van der Waals surface area contributed by atoms with E-state index in [2.05, 4.69) is 5.32 Å². The molecule has 0 aliphatic rings. The Morgan fingerprint density at radius 2 is 1.94 bits per heavy atom. The van der Waals surface area contributed by atoms with Crippen molar-refractivity contribution >= 4 is 17.7 Å². The topological polar surface area (TPSA) is 49.3 Å². The molecule has 0 heterocycles. The van der Waals surface area contributed by atoms with Crippen molar-refractivity contribution in [3.8, 4) is 0 Å². The van der Waals surface area contributed by atoms with Crippen LogP contribution in [0.2, 0.25) is 0 Å². The van der Waals surface area contributed by atoms with Gasteiger partial charge in [-0.3, -0.25) is 4.79 Å². The predicted octanol–water partition coefficient (Wildman–Crippen LogP) is 1.98. The van der Waals surface area contributed by atoms with Crippen LogP contribution in [0, 0.1) is 0 Å². The number of rotatable bonds is 8. The molecule has 0 unspecified atom stereocenters. The molecule has 0 aromatic heterocycles. The van der Waals surface area contributed by atoms with Gasteiger partial charge in [0.15, 0.2) is 0 Å². The van der Waals surface area contributed by atoms with Gasteiger partial charge in [0.2, 0.25) is 5.91 Å². The van der Waals surface area contributed by atoms with E-state index in [1.165, 1.54) is 5.56 Å². The van der Waals surface area contributed by atoms with E-state index in [0.717, 1.165) is 24.2 Å². The van der Waals surface area contributed by atoms with E-state index in [1.54, 1.807) is 11.8 Å². The molecule has 0 atom stereocenters. The van der Waals surface area contributed by atoms with Crippen molar-refractivity contribution in [1.82, 2.24) is 5.32 Å². The van der Waals surface area contributed by atoms with E-state index >= 15 is 0 Å². The maximum atomic E-state index is 11.5. The molecule has 2 N–H and O–H groups in total. The zero-order valence-electron chi connectivity index (χ0n) is 10.8. The van der Waals surface area contributed by atoms with Gasteiger partial charge in [-0.25, -0.2) is 0 Å².